The van der Waals surface area contributed by atoms with Gasteiger partial charge in [0.05, 0.1) is 23.0 Å². The first kappa shape index (κ1) is 21.7. The number of benzene rings is 1. The molecule has 3 heterocycles. The van der Waals surface area contributed by atoms with Crippen molar-refractivity contribution in [3.63, 3.8) is 0 Å². The predicted octanol–water partition coefficient (Wildman–Crippen LogP) is 5.66. The van der Waals surface area contributed by atoms with E-state index in [9.17, 15) is 4.79 Å². The van der Waals surface area contributed by atoms with E-state index in [0.717, 1.165) is 32.6 Å². The van der Waals surface area contributed by atoms with Gasteiger partial charge in [0, 0.05) is 35.4 Å². The van der Waals surface area contributed by atoms with Gasteiger partial charge in [-0.2, -0.15) is 0 Å². The van der Waals surface area contributed by atoms with Crippen LogP contribution < -0.4 is 15.4 Å². The molecule has 2 amide bonds. The molecule has 7 nitrogen and oxygen atoms in total. The Morgan fingerprint density at radius 3 is 2.70 bits per heavy atom. The van der Waals surface area contributed by atoms with Gasteiger partial charge in [-0.15, -0.1) is 0 Å². The number of hydrogen-bond acceptors (Lipinski definition) is 7. The average Bonchev–Trinajstić information content (AvgIpc) is 3.41. The lowest BCUT2D eigenvalue weighted by Crippen LogP contribution is -2.28. The topological polar surface area (TPSA) is 89.0 Å². The smallest absolute Gasteiger partial charge is 0.321 e. The molecule has 0 aliphatic carbocycles. The number of nitrogens with one attached hydrogen (secondary N) is 2. The lowest BCUT2D eigenvalue weighted by Gasteiger charge is -2.05. The number of thiazole rings is 2. The van der Waals surface area contributed by atoms with Gasteiger partial charge in [-0.3, -0.25) is 10.3 Å². The fourth-order valence-corrected chi connectivity index (χ4v) is 4.36. The molecule has 4 rings (SSSR count). The molecule has 0 saturated carbocycles. The monoisotopic (exact) mass is 441 g/mol. The number of hydrogen-bond donors (Lipinski definition) is 2. The number of fused-ring (bicyclic) bond motifs is 1. The summed E-state index contributed by atoms with van der Waals surface area (Å²) in [5, 5.41) is 8.59. The maximum absolute atomic E-state index is 11.9. The Balaban J connectivity index is 0.00000124. The summed E-state index contributed by atoms with van der Waals surface area (Å²) >= 11 is 2.86. The van der Waals surface area contributed by atoms with Crippen molar-refractivity contribution in [2.45, 2.75) is 20.8 Å². The van der Waals surface area contributed by atoms with Crippen molar-refractivity contribution < 1.29 is 9.53 Å². The Bertz CT molecular complexity index is 1130. The molecule has 1 aromatic carbocycles. The molecule has 0 atom stereocenters. The molecule has 0 radical (unpaired) electrons. The van der Waals surface area contributed by atoms with Crippen molar-refractivity contribution in [2.75, 3.05) is 19.0 Å². The van der Waals surface area contributed by atoms with E-state index in [-0.39, 0.29) is 6.03 Å². The van der Waals surface area contributed by atoms with E-state index in [1.54, 1.807) is 13.3 Å². The second-order valence-corrected chi connectivity index (χ2v) is 7.64. The number of pyridine rings is 1. The highest BCUT2D eigenvalue weighted by Gasteiger charge is 2.16. The SMILES string of the molecule is CC.CCNC(=O)Nc1nc2cc(-c3cccnc3)cc(-c3csc(OC)n3)c2s1. The van der Waals surface area contributed by atoms with Crippen LogP contribution in [0.5, 0.6) is 5.19 Å². The van der Waals surface area contributed by atoms with E-state index in [1.165, 1.54) is 22.7 Å². The average molecular weight is 442 g/mol. The van der Waals surface area contributed by atoms with Crippen molar-refractivity contribution in [1.29, 1.82) is 0 Å². The predicted molar refractivity (Wildman–Crippen MR) is 125 cm³/mol. The lowest BCUT2D eigenvalue weighted by atomic mass is 10.0. The molecule has 2 N–H and O–H groups in total. The zero-order valence-electron chi connectivity index (χ0n) is 17.2. The normalized spacial score (nSPS) is 10.3. The van der Waals surface area contributed by atoms with E-state index >= 15 is 0 Å². The Morgan fingerprint density at radius 2 is 2.03 bits per heavy atom. The van der Waals surface area contributed by atoms with Gasteiger partial charge >= 0.3 is 6.03 Å². The quantitative estimate of drug-likeness (QED) is 0.417. The number of aromatic nitrogens is 3. The molecule has 0 bridgehead atoms. The van der Waals surface area contributed by atoms with Crippen LogP contribution in [0.4, 0.5) is 9.93 Å². The highest BCUT2D eigenvalue weighted by molar-refractivity contribution is 7.23. The van der Waals surface area contributed by atoms with Crippen LogP contribution in [0, 0.1) is 0 Å². The Labute approximate surface area is 183 Å². The van der Waals surface area contributed by atoms with Gasteiger partial charge in [0.25, 0.3) is 5.19 Å². The second-order valence-electron chi connectivity index (χ2n) is 5.82. The molecule has 30 heavy (non-hydrogen) atoms. The standard InChI is InChI=1S/C19H17N5O2S2.C2H6/c1-3-21-17(25)24-18-22-14-8-12(11-5-4-6-20-9-11)7-13(16(14)28-18)15-10-27-19(23-15)26-2;1-2/h4-10H,3H2,1-2H3,(H2,21,22,24,25);1-2H3. The Hall–Kier alpha value is -3.04. The summed E-state index contributed by atoms with van der Waals surface area (Å²) in [6, 6.07) is 7.69. The van der Waals surface area contributed by atoms with Crippen LogP contribution in [0.3, 0.4) is 0 Å². The first-order valence-electron chi connectivity index (χ1n) is 9.57. The first-order chi connectivity index (χ1) is 14.7. The molecule has 3 aromatic heterocycles. The van der Waals surface area contributed by atoms with Gasteiger partial charge in [-0.1, -0.05) is 42.6 Å². The van der Waals surface area contributed by atoms with E-state index in [4.69, 9.17) is 4.74 Å². The van der Waals surface area contributed by atoms with Crippen molar-refractivity contribution in [1.82, 2.24) is 20.3 Å². The molecular weight excluding hydrogens is 418 g/mol. The zero-order chi connectivity index (χ0) is 21.5. The molecular formula is C21H23N5O2S2. The molecule has 156 valence electrons. The third kappa shape index (κ3) is 4.74. The minimum Gasteiger partial charge on any atom is -0.473 e. The van der Waals surface area contributed by atoms with Gasteiger partial charge in [0.2, 0.25) is 0 Å². The molecule has 0 spiro atoms. The number of urea groups is 1. The molecule has 4 aromatic rings. The minimum absolute atomic E-state index is 0.272. The van der Waals surface area contributed by atoms with Crippen LogP contribution >= 0.6 is 22.7 Å². The fraction of sp³-hybridized carbons (Fsp3) is 0.238. The summed E-state index contributed by atoms with van der Waals surface area (Å²) in [7, 11) is 1.60. The highest BCUT2D eigenvalue weighted by atomic mass is 32.1. The van der Waals surface area contributed by atoms with Crippen LogP contribution in [0.1, 0.15) is 20.8 Å². The third-order valence-electron chi connectivity index (χ3n) is 3.98. The summed E-state index contributed by atoms with van der Waals surface area (Å²) in [6.45, 7) is 6.41. The number of amides is 2. The summed E-state index contributed by atoms with van der Waals surface area (Å²) in [4.78, 5) is 25.2. The number of methoxy groups -OCH3 is 1. The highest BCUT2D eigenvalue weighted by Crippen LogP contribution is 2.39. The van der Waals surface area contributed by atoms with Gasteiger partial charge in [-0.05, 0) is 30.7 Å². The number of carbonyl (C=O) groups is 1. The molecule has 9 heteroatoms. The molecule has 0 saturated heterocycles. The van der Waals surface area contributed by atoms with Crippen molar-refractivity contribution in [3.05, 3.63) is 42.0 Å². The second kappa shape index (κ2) is 10.1. The number of rotatable bonds is 5. The minimum atomic E-state index is -0.272. The number of ether oxygens (including phenoxy) is 1. The largest absolute Gasteiger partial charge is 0.473 e. The third-order valence-corrected chi connectivity index (χ3v) is 5.80. The van der Waals surface area contributed by atoms with Gasteiger partial charge < -0.3 is 10.1 Å². The Kier molecular flexibility index (Phi) is 7.31. The van der Waals surface area contributed by atoms with Crippen molar-refractivity contribution in [3.8, 4) is 27.6 Å². The number of carbonyl (C=O) groups excluding carboxylic acids is 1. The van der Waals surface area contributed by atoms with Crippen molar-refractivity contribution in [2.24, 2.45) is 0 Å². The van der Waals surface area contributed by atoms with Crippen LogP contribution in [0.25, 0.3) is 32.6 Å². The van der Waals surface area contributed by atoms with Crippen LogP contribution in [-0.4, -0.2) is 34.6 Å². The van der Waals surface area contributed by atoms with E-state index < -0.39 is 0 Å². The fourth-order valence-electron chi connectivity index (χ4n) is 2.75. The molecule has 0 fully saturated rings. The summed E-state index contributed by atoms with van der Waals surface area (Å²) in [5.74, 6) is 0. The zero-order valence-corrected chi connectivity index (χ0v) is 18.9. The maximum atomic E-state index is 11.9. The van der Waals surface area contributed by atoms with Gasteiger partial charge in [0.1, 0.15) is 0 Å². The number of anilines is 1. The van der Waals surface area contributed by atoms with E-state index in [1.807, 2.05) is 50.5 Å². The first-order valence-corrected chi connectivity index (χ1v) is 11.3. The van der Waals surface area contributed by atoms with Crippen LogP contribution in [0.15, 0.2) is 42.0 Å². The molecule has 0 aliphatic rings. The van der Waals surface area contributed by atoms with Crippen molar-refractivity contribution >= 4 is 44.1 Å². The number of nitrogens with zero attached hydrogens (tertiary/aromatic N) is 3. The Morgan fingerprint density at radius 1 is 1.20 bits per heavy atom. The molecule has 0 aliphatic heterocycles. The van der Waals surface area contributed by atoms with Crippen LogP contribution in [-0.2, 0) is 0 Å². The molecule has 0 unspecified atom stereocenters. The summed E-state index contributed by atoms with van der Waals surface area (Å²) in [6.07, 6.45) is 3.55. The summed E-state index contributed by atoms with van der Waals surface area (Å²) < 4.78 is 6.20. The van der Waals surface area contributed by atoms with Gasteiger partial charge in [0.15, 0.2) is 5.13 Å². The van der Waals surface area contributed by atoms with Crippen LogP contribution in [0.2, 0.25) is 0 Å². The van der Waals surface area contributed by atoms with E-state index in [2.05, 4.69) is 31.7 Å². The van der Waals surface area contributed by atoms with E-state index in [0.29, 0.717) is 16.9 Å². The van der Waals surface area contributed by atoms with Gasteiger partial charge in [-0.25, -0.2) is 14.8 Å². The lowest BCUT2D eigenvalue weighted by molar-refractivity contribution is 0.252. The summed E-state index contributed by atoms with van der Waals surface area (Å²) in [5.41, 5.74) is 4.51. The maximum Gasteiger partial charge on any atom is 0.321 e.